The van der Waals surface area contributed by atoms with E-state index < -0.39 is 62.7 Å². The van der Waals surface area contributed by atoms with Crippen molar-refractivity contribution in [2.24, 2.45) is 5.92 Å². The number of aliphatic hydroxyl groups excluding tert-OH is 1. The maximum absolute atomic E-state index is 14.6. The third kappa shape index (κ3) is 8.76. The quantitative estimate of drug-likeness (QED) is 0.299. The average Bonchev–Trinajstić information content (AvgIpc) is 2.71. The van der Waals surface area contributed by atoms with Gasteiger partial charge in [-0.25, -0.2) is 22.6 Å². The van der Waals surface area contributed by atoms with Crippen LogP contribution >= 0.6 is 0 Å². The highest BCUT2D eigenvalue weighted by atomic mass is 32.2. The molecule has 1 fully saturated rings. The van der Waals surface area contributed by atoms with Gasteiger partial charge in [-0.2, -0.15) is 17.9 Å². The average molecular weight is 529 g/mol. The van der Waals surface area contributed by atoms with Crippen LogP contribution in [0, 0.1) is 11.7 Å². The van der Waals surface area contributed by atoms with Gasteiger partial charge in [-0.05, 0) is 52.5 Å². The van der Waals surface area contributed by atoms with Gasteiger partial charge in [0.25, 0.3) is 0 Å². The number of ether oxygens (including phenoxy) is 1. The lowest BCUT2D eigenvalue weighted by atomic mass is 9.83. The first-order valence-corrected chi connectivity index (χ1v) is 12.7. The second-order valence-corrected chi connectivity index (χ2v) is 11.3. The van der Waals surface area contributed by atoms with Crippen molar-refractivity contribution in [1.82, 2.24) is 15.0 Å². The van der Waals surface area contributed by atoms with Crippen LogP contribution in [0.4, 0.5) is 28.2 Å². The molecule has 0 unspecified atom stereocenters. The number of sulfonamides is 1. The molecule has 14 heteroatoms. The van der Waals surface area contributed by atoms with Gasteiger partial charge in [0.1, 0.15) is 22.8 Å². The minimum absolute atomic E-state index is 0.144. The van der Waals surface area contributed by atoms with Crippen molar-refractivity contribution < 1.29 is 40.6 Å². The molecule has 200 valence electrons. The molecule has 1 amide bonds. The number of hydrogen-bond donors (Lipinski definition) is 4. The van der Waals surface area contributed by atoms with Gasteiger partial charge in [0.2, 0.25) is 10.0 Å². The third-order valence-corrected chi connectivity index (χ3v) is 6.92. The van der Waals surface area contributed by atoms with Crippen LogP contribution in [0.2, 0.25) is 0 Å². The van der Waals surface area contributed by atoms with E-state index in [-0.39, 0.29) is 5.92 Å². The highest BCUT2D eigenvalue weighted by molar-refractivity contribution is 7.89. The second-order valence-electron chi connectivity index (χ2n) is 9.55. The Balaban J connectivity index is 2.19. The number of halogens is 4. The molecule has 1 aliphatic rings. The number of hydrogen-bond acceptors (Lipinski definition) is 7. The number of nitrogens with one attached hydrogen (secondary N) is 3. The molecule has 35 heavy (non-hydrogen) atoms. The number of aromatic nitrogens is 1. The molecule has 1 aliphatic carbocycles. The van der Waals surface area contributed by atoms with Crippen LogP contribution in [0.1, 0.15) is 59.8 Å². The standard InChI is InChI=1S/C21H32F4N4O5S/c1-12(21(23,24)25)29-35(32,33)14-10-15(22)17(26-11-14)28-18(30)16(13-8-6-5-7-9-13)27-19(31)34-20(2,3)4/h10-13,16,18,29-30H,5-9H2,1-4H3,(H,26,28)(H,27,31)/t12-,16-,18-/m0/s1. The maximum Gasteiger partial charge on any atom is 0.408 e. The van der Waals surface area contributed by atoms with Crippen LogP contribution in [-0.4, -0.2) is 54.7 Å². The van der Waals surface area contributed by atoms with E-state index in [0.29, 0.717) is 32.0 Å². The molecule has 9 nitrogen and oxygen atoms in total. The summed E-state index contributed by atoms with van der Waals surface area (Å²) in [4.78, 5) is 15.1. The monoisotopic (exact) mass is 528 g/mol. The summed E-state index contributed by atoms with van der Waals surface area (Å²) in [5, 5.41) is 15.8. The Hall–Kier alpha value is -2.19. The van der Waals surface area contributed by atoms with E-state index in [4.69, 9.17) is 4.74 Å². The number of aliphatic hydroxyl groups is 1. The Morgan fingerprint density at radius 1 is 1.20 bits per heavy atom. The fourth-order valence-electron chi connectivity index (χ4n) is 3.66. The van der Waals surface area contributed by atoms with Gasteiger partial charge in [0, 0.05) is 6.20 Å². The van der Waals surface area contributed by atoms with Crippen LogP contribution in [0.5, 0.6) is 0 Å². The zero-order valence-corrected chi connectivity index (χ0v) is 20.8. The summed E-state index contributed by atoms with van der Waals surface area (Å²) < 4.78 is 83.8. The molecule has 0 aliphatic heterocycles. The molecular formula is C21H32F4N4O5S. The lowest BCUT2D eigenvalue weighted by molar-refractivity contribution is -0.147. The second kappa shape index (κ2) is 11.2. The molecule has 0 spiro atoms. The number of pyridine rings is 1. The van der Waals surface area contributed by atoms with Crippen molar-refractivity contribution in [2.75, 3.05) is 5.32 Å². The molecule has 3 atom stereocenters. The van der Waals surface area contributed by atoms with Gasteiger partial charge in [0.05, 0.1) is 6.04 Å². The maximum atomic E-state index is 14.6. The number of anilines is 1. The summed E-state index contributed by atoms with van der Waals surface area (Å²) in [5.74, 6) is -1.90. The summed E-state index contributed by atoms with van der Waals surface area (Å²) in [6, 6.07) is -2.78. The number of carbonyl (C=O) groups is 1. The Morgan fingerprint density at radius 3 is 2.31 bits per heavy atom. The lowest BCUT2D eigenvalue weighted by Crippen LogP contribution is -2.52. The van der Waals surface area contributed by atoms with Crippen LogP contribution in [0.3, 0.4) is 0 Å². The van der Waals surface area contributed by atoms with E-state index in [1.54, 1.807) is 20.8 Å². The van der Waals surface area contributed by atoms with Gasteiger partial charge in [-0.3, -0.25) is 0 Å². The Labute approximate surface area is 202 Å². The van der Waals surface area contributed by atoms with Gasteiger partial charge in [-0.1, -0.05) is 19.3 Å². The first kappa shape index (κ1) is 29.0. The van der Waals surface area contributed by atoms with Crippen molar-refractivity contribution in [2.45, 2.75) is 94.8 Å². The fraction of sp³-hybridized carbons (Fsp3) is 0.714. The fourth-order valence-corrected chi connectivity index (χ4v) is 4.85. The summed E-state index contributed by atoms with van der Waals surface area (Å²) in [6.45, 7) is 5.64. The number of alkyl halides is 3. The van der Waals surface area contributed by atoms with E-state index in [1.165, 1.54) is 4.72 Å². The number of rotatable bonds is 8. The minimum atomic E-state index is -4.83. The third-order valence-electron chi connectivity index (χ3n) is 5.42. The Morgan fingerprint density at radius 2 is 1.80 bits per heavy atom. The Bertz CT molecular complexity index is 979. The predicted molar refractivity (Wildman–Crippen MR) is 119 cm³/mol. The molecule has 0 radical (unpaired) electrons. The minimum Gasteiger partial charge on any atom is -0.444 e. The first-order valence-electron chi connectivity index (χ1n) is 11.2. The summed E-state index contributed by atoms with van der Waals surface area (Å²) in [5.41, 5.74) is -0.786. The van der Waals surface area contributed by atoms with E-state index in [0.717, 1.165) is 19.3 Å². The molecule has 4 N–H and O–H groups in total. The largest absolute Gasteiger partial charge is 0.444 e. The van der Waals surface area contributed by atoms with Crippen LogP contribution in [0.15, 0.2) is 17.2 Å². The molecule has 0 aromatic carbocycles. The molecule has 1 heterocycles. The van der Waals surface area contributed by atoms with Crippen molar-refractivity contribution in [3.63, 3.8) is 0 Å². The zero-order chi connectivity index (χ0) is 26.6. The van der Waals surface area contributed by atoms with Crippen molar-refractivity contribution in [3.8, 4) is 0 Å². The van der Waals surface area contributed by atoms with Crippen molar-refractivity contribution in [3.05, 3.63) is 18.1 Å². The molecule has 1 aromatic rings. The topological polar surface area (TPSA) is 130 Å². The van der Waals surface area contributed by atoms with Crippen LogP contribution in [-0.2, 0) is 14.8 Å². The smallest absolute Gasteiger partial charge is 0.408 e. The Kier molecular flexibility index (Phi) is 9.33. The number of nitrogens with zero attached hydrogens (tertiary/aromatic N) is 1. The molecular weight excluding hydrogens is 496 g/mol. The highest BCUT2D eigenvalue weighted by Crippen LogP contribution is 2.29. The summed E-state index contributed by atoms with van der Waals surface area (Å²) in [6.07, 6.45) is -2.27. The molecule has 1 saturated carbocycles. The highest BCUT2D eigenvalue weighted by Gasteiger charge is 2.39. The number of alkyl carbamates (subject to hydrolysis) is 1. The SMILES string of the molecule is C[C@H](NS(=O)(=O)c1cnc(N[C@@H](O)[C@@H](NC(=O)OC(C)(C)C)C2CCCCC2)c(F)c1)C(F)(F)F. The summed E-state index contributed by atoms with van der Waals surface area (Å²) in [7, 11) is -4.71. The van der Waals surface area contributed by atoms with Crippen LogP contribution < -0.4 is 15.4 Å². The van der Waals surface area contributed by atoms with Gasteiger partial charge < -0.3 is 20.5 Å². The molecule has 1 aromatic heterocycles. The summed E-state index contributed by atoms with van der Waals surface area (Å²) >= 11 is 0. The van der Waals surface area contributed by atoms with Gasteiger partial charge in [0.15, 0.2) is 11.6 Å². The molecule has 2 rings (SSSR count). The number of carbonyl (C=O) groups excluding carboxylic acids is 1. The predicted octanol–water partition coefficient (Wildman–Crippen LogP) is 3.65. The van der Waals surface area contributed by atoms with Crippen LogP contribution in [0.25, 0.3) is 0 Å². The first-order chi connectivity index (χ1) is 16.0. The van der Waals surface area contributed by atoms with E-state index >= 15 is 0 Å². The van der Waals surface area contributed by atoms with Crippen molar-refractivity contribution in [1.29, 1.82) is 0 Å². The molecule has 0 bridgehead atoms. The van der Waals surface area contributed by atoms with E-state index in [9.17, 15) is 35.9 Å². The van der Waals surface area contributed by atoms with Gasteiger partial charge in [-0.15, -0.1) is 0 Å². The number of amides is 1. The van der Waals surface area contributed by atoms with E-state index in [2.05, 4.69) is 15.6 Å². The van der Waals surface area contributed by atoms with Crippen molar-refractivity contribution >= 4 is 21.9 Å². The lowest BCUT2D eigenvalue weighted by Gasteiger charge is -2.35. The normalized spacial score (nSPS) is 18.4. The van der Waals surface area contributed by atoms with Gasteiger partial charge >= 0.3 is 12.3 Å². The zero-order valence-electron chi connectivity index (χ0n) is 19.9. The molecule has 0 saturated heterocycles. The van der Waals surface area contributed by atoms with E-state index in [1.807, 2.05) is 0 Å².